The standard InChI is InChI=1S/C10H7F3IN3/c11-10(12,13)6-4-2-1-3-5(6)8-7(14)9(15)17-16-8/h1-4H,(H3,15,16,17). The Labute approximate surface area is 108 Å². The Hall–Kier alpha value is -1.25. The highest BCUT2D eigenvalue weighted by atomic mass is 127. The van der Waals surface area contributed by atoms with Crippen molar-refractivity contribution in [1.82, 2.24) is 10.2 Å². The Morgan fingerprint density at radius 2 is 1.88 bits per heavy atom. The molecule has 0 saturated carbocycles. The molecule has 0 atom stereocenters. The van der Waals surface area contributed by atoms with E-state index >= 15 is 0 Å². The lowest BCUT2D eigenvalue weighted by Gasteiger charge is -2.11. The highest BCUT2D eigenvalue weighted by molar-refractivity contribution is 14.1. The molecule has 3 N–H and O–H groups in total. The SMILES string of the molecule is Nc1n[nH]c(-c2ccccc2C(F)(F)F)c1I. The molecule has 90 valence electrons. The predicted octanol–water partition coefficient (Wildman–Crippen LogP) is 3.28. The van der Waals surface area contributed by atoms with E-state index in [4.69, 9.17) is 5.73 Å². The van der Waals surface area contributed by atoms with Gasteiger partial charge in [-0.25, -0.2) is 0 Å². The van der Waals surface area contributed by atoms with Crippen LogP contribution in [0.3, 0.4) is 0 Å². The van der Waals surface area contributed by atoms with Gasteiger partial charge in [-0.2, -0.15) is 18.3 Å². The van der Waals surface area contributed by atoms with Gasteiger partial charge in [0.1, 0.15) is 0 Å². The number of nitrogens with one attached hydrogen (secondary N) is 1. The number of nitrogen functional groups attached to an aromatic ring is 1. The number of aromatic amines is 1. The lowest BCUT2D eigenvalue weighted by Crippen LogP contribution is -2.07. The average Bonchev–Trinajstić information content (AvgIpc) is 2.59. The molecule has 2 rings (SSSR count). The molecular formula is C10H7F3IN3. The molecule has 0 unspecified atom stereocenters. The molecule has 0 aliphatic carbocycles. The van der Waals surface area contributed by atoms with Crippen molar-refractivity contribution in [3.63, 3.8) is 0 Å². The Morgan fingerprint density at radius 1 is 1.24 bits per heavy atom. The van der Waals surface area contributed by atoms with E-state index < -0.39 is 11.7 Å². The lowest BCUT2D eigenvalue weighted by atomic mass is 10.0. The summed E-state index contributed by atoms with van der Waals surface area (Å²) in [7, 11) is 0. The first kappa shape index (κ1) is 12.2. The number of nitrogens with two attached hydrogens (primary N) is 1. The molecule has 0 aliphatic heterocycles. The molecule has 0 bridgehead atoms. The first-order chi connectivity index (χ1) is 7.91. The van der Waals surface area contributed by atoms with E-state index in [0.29, 0.717) is 3.57 Å². The van der Waals surface area contributed by atoms with Crippen LogP contribution in [0.15, 0.2) is 24.3 Å². The van der Waals surface area contributed by atoms with Crippen molar-refractivity contribution < 1.29 is 13.2 Å². The highest BCUT2D eigenvalue weighted by Gasteiger charge is 2.34. The molecule has 1 aromatic heterocycles. The number of anilines is 1. The molecule has 0 spiro atoms. The van der Waals surface area contributed by atoms with Crippen LogP contribution in [0.5, 0.6) is 0 Å². The Bertz CT molecular complexity index is 548. The zero-order valence-corrected chi connectivity index (χ0v) is 10.5. The van der Waals surface area contributed by atoms with Crippen LogP contribution in [0.1, 0.15) is 5.56 Å². The molecule has 0 aliphatic rings. The van der Waals surface area contributed by atoms with Crippen molar-refractivity contribution in [1.29, 1.82) is 0 Å². The lowest BCUT2D eigenvalue weighted by molar-refractivity contribution is -0.137. The number of hydrogen-bond acceptors (Lipinski definition) is 2. The van der Waals surface area contributed by atoms with Gasteiger partial charge in [0.15, 0.2) is 5.82 Å². The third-order valence-electron chi connectivity index (χ3n) is 2.23. The number of alkyl halides is 3. The fourth-order valence-corrected chi connectivity index (χ4v) is 2.00. The van der Waals surface area contributed by atoms with Gasteiger partial charge in [-0.15, -0.1) is 0 Å². The van der Waals surface area contributed by atoms with Gasteiger partial charge in [0.2, 0.25) is 0 Å². The molecule has 0 fully saturated rings. The van der Waals surface area contributed by atoms with Gasteiger partial charge >= 0.3 is 6.18 Å². The van der Waals surface area contributed by atoms with Gasteiger partial charge in [0.05, 0.1) is 14.8 Å². The minimum Gasteiger partial charge on any atom is -0.381 e. The molecule has 17 heavy (non-hydrogen) atoms. The fraction of sp³-hybridized carbons (Fsp3) is 0.100. The summed E-state index contributed by atoms with van der Waals surface area (Å²) in [5.74, 6) is 0.192. The second-order valence-electron chi connectivity index (χ2n) is 3.34. The third kappa shape index (κ3) is 2.24. The van der Waals surface area contributed by atoms with E-state index in [9.17, 15) is 13.2 Å². The Balaban J connectivity index is 2.64. The monoisotopic (exact) mass is 353 g/mol. The second kappa shape index (κ2) is 4.21. The first-order valence-corrected chi connectivity index (χ1v) is 5.65. The minimum atomic E-state index is -4.40. The zero-order chi connectivity index (χ0) is 12.6. The van der Waals surface area contributed by atoms with Crippen LogP contribution < -0.4 is 5.73 Å². The maximum atomic E-state index is 12.8. The van der Waals surface area contributed by atoms with Gasteiger partial charge in [0.25, 0.3) is 0 Å². The fourth-order valence-electron chi connectivity index (χ4n) is 1.47. The summed E-state index contributed by atoms with van der Waals surface area (Å²) < 4.78 is 38.9. The summed E-state index contributed by atoms with van der Waals surface area (Å²) >= 11 is 1.86. The second-order valence-corrected chi connectivity index (χ2v) is 4.42. The van der Waals surface area contributed by atoms with Crippen LogP contribution in [0, 0.1) is 3.57 Å². The molecule has 0 saturated heterocycles. The van der Waals surface area contributed by atoms with Gasteiger partial charge in [-0.1, -0.05) is 18.2 Å². The zero-order valence-electron chi connectivity index (χ0n) is 8.35. The molecule has 2 aromatic rings. The quantitative estimate of drug-likeness (QED) is 0.774. The van der Waals surface area contributed by atoms with Crippen LogP contribution in [-0.2, 0) is 6.18 Å². The maximum Gasteiger partial charge on any atom is 0.417 e. The topological polar surface area (TPSA) is 54.7 Å². The number of nitrogens with zero attached hydrogens (tertiary/aromatic N) is 1. The number of halogens is 4. The molecular weight excluding hydrogens is 346 g/mol. The van der Waals surface area contributed by atoms with E-state index in [1.165, 1.54) is 18.2 Å². The first-order valence-electron chi connectivity index (χ1n) is 4.57. The van der Waals surface area contributed by atoms with E-state index in [1.807, 2.05) is 22.6 Å². The normalized spacial score (nSPS) is 11.8. The van der Waals surface area contributed by atoms with E-state index in [0.717, 1.165) is 6.07 Å². The van der Waals surface area contributed by atoms with Crippen molar-refractivity contribution >= 4 is 28.4 Å². The van der Waals surface area contributed by atoms with Crippen molar-refractivity contribution in [2.75, 3.05) is 5.73 Å². The number of benzene rings is 1. The van der Waals surface area contributed by atoms with Gasteiger partial charge in [-0.05, 0) is 28.7 Å². The molecule has 3 nitrogen and oxygen atoms in total. The van der Waals surface area contributed by atoms with Crippen molar-refractivity contribution in [3.05, 3.63) is 33.4 Å². The number of H-pyrrole nitrogens is 1. The van der Waals surface area contributed by atoms with Crippen molar-refractivity contribution in [2.45, 2.75) is 6.18 Å². The molecule has 0 amide bonds. The molecule has 1 heterocycles. The summed E-state index contributed by atoms with van der Waals surface area (Å²) in [6.45, 7) is 0. The van der Waals surface area contributed by atoms with E-state index in [-0.39, 0.29) is 17.1 Å². The van der Waals surface area contributed by atoms with Crippen LogP contribution in [0.25, 0.3) is 11.3 Å². The summed E-state index contributed by atoms with van der Waals surface area (Å²) in [6, 6.07) is 5.30. The summed E-state index contributed by atoms with van der Waals surface area (Å²) in [6.07, 6.45) is -4.40. The number of aromatic nitrogens is 2. The summed E-state index contributed by atoms with van der Waals surface area (Å²) in [4.78, 5) is 0. The van der Waals surface area contributed by atoms with Gasteiger partial charge in [0, 0.05) is 5.56 Å². The molecule has 1 aromatic carbocycles. The van der Waals surface area contributed by atoms with Gasteiger partial charge in [-0.3, -0.25) is 5.10 Å². The third-order valence-corrected chi connectivity index (χ3v) is 3.33. The molecule has 0 radical (unpaired) electrons. The minimum absolute atomic E-state index is 0.0496. The Kier molecular flexibility index (Phi) is 3.02. The van der Waals surface area contributed by atoms with E-state index in [2.05, 4.69) is 10.2 Å². The maximum absolute atomic E-state index is 12.8. The van der Waals surface area contributed by atoms with Gasteiger partial charge < -0.3 is 5.73 Å². The highest BCUT2D eigenvalue weighted by Crippen LogP contribution is 2.38. The summed E-state index contributed by atoms with van der Waals surface area (Å²) in [5.41, 5.74) is 5.14. The van der Waals surface area contributed by atoms with Crippen LogP contribution in [-0.4, -0.2) is 10.2 Å². The van der Waals surface area contributed by atoms with Crippen LogP contribution in [0.4, 0.5) is 19.0 Å². The smallest absolute Gasteiger partial charge is 0.381 e. The van der Waals surface area contributed by atoms with Crippen molar-refractivity contribution in [3.8, 4) is 11.3 Å². The number of hydrogen-bond donors (Lipinski definition) is 2. The Morgan fingerprint density at radius 3 is 2.41 bits per heavy atom. The summed E-state index contributed by atoms with van der Waals surface area (Å²) in [5, 5.41) is 6.21. The molecule has 7 heteroatoms. The van der Waals surface area contributed by atoms with Crippen LogP contribution >= 0.6 is 22.6 Å². The van der Waals surface area contributed by atoms with Crippen molar-refractivity contribution in [2.24, 2.45) is 0 Å². The largest absolute Gasteiger partial charge is 0.417 e. The number of rotatable bonds is 1. The van der Waals surface area contributed by atoms with E-state index in [1.54, 1.807) is 0 Å². The van der Waals surface area contributed by atoms with Crippen LogP contribution in [0.2, 0.25) is 0 Å². The average molecular weight is 353 g/mol. The predicted molar refractivity (Wildman–Crippen MR) is 66.2 cm³/mol.